The lowest BCUT2D eigenvalue weighted by atomic mass is 10.0. The molecule has 144 valence electrons. The molecule has 5 nitrogen and oxygen atoms in total. The first-order chi connectivity index (χ1) is 12.5. The predicted octanol–water partition coefficient (Wildman–Crippen LogP) is 5.18. The first-order valence-electron chi connectivity index (χ1n) is 7.18. The molecule has 1 aliphatic heterocycles. The third-order valence-corrected chi connectivity index (χ3v) is 5.94. The van der Waals surface area contributed by atoms with Crippen LogP contribution in [0.4, 0.5) is 22.0 Å². The summed E-state index contributed by atoms with van der Waals surface area (Å²) in [6, 6.07) is 5.86. The molecule has 0 spiro atoms. The standard InChI is InChI=1S/C16H10F5NO4S/c17-9-2-1-8(5-7(9)6-22)26-10-3-4-11-13(12(10)15(18)19)14(23)16(20,21)27(11,24)25/h1-5,14-15,23-25H. The maximum Gasteiger partial charge on any atom is 0.371 e. The van der Waals surface area contributed by atoms with Gasteiger partial charge in [0.2, 0.25) is 0 Å². The van der Waals surface area contributed by atoms with Gasteiger partial charge in [0.1, 0.15) is 23.4 Å². The predicted molar refractivity (Wildman–Crippen MR) is 83.6 cm³/mol. The largest absolute Gasteiger partial charge is 0.457 e. The highest BCUT2D eigenvalue weighted by atomic mass is 32.3. The number of hydrogen-bond acceptors (Lipinski definition) is 5. The first-order valence-corrected chi connectivity index (χ1v) is 8.73. The van der Waals surface area contributed by atoms with Gasteiger partial charge in [-0.2, -0.15) is 14.0 Å². The minimum Gasteiger partial charge on any atom is -0.457 e. The molecule has 0 aliphatic carbocycles. The van der Waals surface area contributed by atoms with E-state index in [1.54, 1.807) is 0 Å². The number of rotatable bonds is 3. The maximum atomic E-state index is 14.0. The summed E-state index contributed by atoms with van der Waals surface area (Å²) in [6.07, 6.45) is -6.29. The minimum atomic E-state index is -4.86. The van der Waals surface area contributed by atoms with Gasteiger partial charge < -0.3 is 9.84 Å². The second-order valence-electron chi connectivity index (χ2n) is 5.56. The van der Waals surface area contributed by atoms with Gasteiger partial charge in [-0.1, -0.05) is 0 Å². The number of aliphatic hydroxyl groups is 1. The average Bonchev–Trinajstić information content (AvgIpc) is 2.73. The highest BCUT2D eigenvalue weighted by Gasteiger charge is 2.61. The smallest absolute Gasteiger partial charge is 0.371 e. The second-order valence-corrected chi connectivity index (χ2v) is 7.64. The van der Waals surface area contributed by atoms with Gasteiger partial charge in [-0.15, -0.1) is 10.6 Å². The molecule has 2 aromatic rings. The van der Waals surface area contributed by atoms with Crippen LogP contribution >= 0.6 is 10.6 Å². The number of benzene rings is 2. The number of aliphatic hydroxyl groups excluding tert-OH is 1. The van der Waals surface area contributed by atoms with E-state index in [1.165, 1.54) is 6.07 Å². The number of hydrogen-bond donors (Lipinski definition) is 3. The van der Waals surface area contributed by atoms with Gasteiger partial charge in [0, 0.05) is 11.6 Å². The van der Waals surface area contributed by atoms with Crippen molar-refractivity contribution in [3.8, 4) is 17.6 Å². The van der Waals surface area contributed by atoms with E-state index in [1.807, 2.05) is 0 Å². The van der Waals surface area contributed by atoms with Crippen molar-refractivity contribution >= 4 is 10.6 Å². The third kappa shape index (κ3) is 2.81. The number of halogens is 5. The van der Waals surface area contributed by atoms with Gasteiger partial charge in [-0.25, -0.2) is 13.2 Å². The van der Waals surface area contributed by atoms with Gasteiger partial charge in [-0.05, 0) is 24.3 Å². The molecule has 3 N–H and O–H groups in total. The van der Waals surface area contributed by atoms with Crippen LogP contribution < -0.4 is 4.74 Å². The fourth-order valence-corrected chi connectivity index (χ4v) is 4.20. The van der Waals surface area contributed by atoms with Crippen molar-refractivity contribution in [2.45, 2.75) is 22.7 Å². The van der Waals surface area contributed by atoms with Crippen LogP contribution in [0.15, 0.2) is 35.2 Å². The van der Waals surface area contributed by atoms with Gasteiger partial charge in [-0.3, -0.25) is 9.11 Å². The molecule has 1 unspecified atom stereocenters. The van der Waals surface area contributed by atoms with Gasteiger partial charge in [0.25, 0.3) is 6.43 Å². The van der Waals surface area contributed by atoms with E-state index < -0.39 is 61.5 Å². The van der Waals surface area contributed by atoms with Gasteiger partial charge in [0.05, 0.1) is 16.0 Å². The zero-order chi connectivity index (χ0) is 20.1. The molecule has 0 saturated heterocycles. The molecular weight excluding hydrogens is 397 g/mol. The molecule has 1 aliphatic rings. The number of ether oxygens (including phenoxy) is 1. The van der Waals surface area contributed by atoms with E-state index in [9.17, 15) is 36.2 Å². The van der Waals surface area contributed by atoms with Crippen molar-refractivity contribution in [3.63, 3.8) is 0 Å². The number of nitrogens with zero attached hydrogens (tertiary/aromatic N) is 1. The number of alkyl halides is 4. The van der Waals surface area contributed by atoms with E-state index in [2.05, 4.69) is 0 Å². The normalized spacial score (nSPS) is 20.8. The Morgan fingerprint density at radius 1 is 1.19 bits per heavy atom. The molecule has 11 heteroatoms. The van der Waals surface area contributed by atoms with E-state index in [0.717, 1.165) is 30.3 Å². The highest BCUT2D eigenvalue weighted by molar-refractivity contribution is 8.25. The van der Waals surface area contributed by atoms with Gasteiger partial charge >= 0.3 is 5.25 Å². The third-order valence-electron chi connectivity index (χ3n) is 3.99. The maximum absolute atomic E-state index is 14.0. The fraction of sp³-hybridized carbons (Fsp3) is 0.188. The summed E-state index contributed by atoms with van der Waals surface area (Å²) < 4.78 is 93.0. The quantitative estimate of drug-likeness (QED) is 0.610. The van der Waals surface area contributed by atoms with Crippen molar-refractivity contribution in [1.29, 1.82) is 5.26 Å². The van der Waals surface area contributed by atoms with Crippen LogP contribution in [-0.4, -0.2) is 19.5 Å². The molecule has 0 aromatic heterocycles. The Labute approximate surface area is 150 Å². The van der Waals surface area contributed by atoms with E-state index in [-0.39, 0.29) is 5.75 Å². The van der Waals surface area contributed by atoms with Crippen molar-refractivity contribution in [2.24, 2.45) is 0 Å². The molecule has 0 amide bonds. The molecule has 0 fully saturated rings. The molecule has 2 aromatic carbocycles. The van der Waals surface area contributed by atoms with Crippen LogP contribution in [0.5, 0.6) is 11.5 Å². The first kappa shape index (κ1) is 19.4. The minimum absolute atomic E-state index is 0.236. The molecule has 0 radical (unpaired) electrons. The Morgan fingerprint density at radius 2 is 1.85 bits per heavy atom. The topological polar surface area (TPSA) is 93.7 Å². The van der Waals surface area contributed by atoms with E-state index >= 15 is 0 Å². The number of fused-ring (bicyclic) bond motifs is 1. The van der Waals surface area contributed by atoms with Crippen LogP contribution in [0.2, 0.25) is 0 Å². The SMILES string of the molecule is N#Cc1cc(Oc2ccc3c(c2C(F)F)C(O)C(F)(F)S3(O)O)ccc1F. The fourth-order valence-electron chi connectivity index (χ4n) is 2.69. The Hall–Kier alpha value is -2.39. The average molecular weight is 407 g/mol. The van der Waals surface area contributed by atoms with E-state index in [0.29, 0.717) is 0 Å². The monoisotopic (exact) mass is 407 g/mol. The van der Waals surface area contributed by atoms with Gasteiger partial charge in [0.15, 0.2) is 6.10 Å². The van der Waals surface area contributed by atoms with Crippen LogP contribution in [0.25, 0.3) is 0 Å². The van der Waals surface area contributed by atoms with Crippen molar-refractivity contribution in [1.82, 2.24) is 0 Å². The molecule has 0 saturated carbocycles. The summed E-state index contributed by atoms with van der Waals surface area (Å²) in [5.41, 5.74) is -2.62. The van der Waals surface area contributed by atoms with Crippen LogP contribution in [0, 0.1) is 17.1 Å². The van der Waals surface area contributed by atoms with E-state index in [4.69, 9.17) is 10.00 Å². The Balaban J connectivity index is 2.15. The zero-order valence-corrected chi connectivity index (χ0v) is 13.9. The Kier molecular flexibility index (Phi) is 4.55. The summed E-state index contributed by atoms with van der Waals surface area (Å²) in [4.78, 5) is -0.903. The molecule has 3 rings (SSSR count). The second kappa shape index (κ2) is 6.35. The van der Waals surface area contributed by atoms with Crippen molar-refractivity contribution in [2.75, 3.05) is 0 Å². The molecule has 1 atom stereocenters. The summed E-state index contributed by atoms with van der Waals surface area (Å²) in [5.74, 6) is -1.77. The Morgan fingerprint density at radius 3 is 2.44 bits per heavy atom. The molecule has 1 heterocycles. The lowest BCUT2D eigenvalue weighted by Crippen LogP contribution is -2.26. The molecule has 0 bridgehead atoms. The van der Waals surface area contributed by atoms with Crippen LogP contribution in [0.1, 0.15) is 29.2 Å². The summed E-state index contributed by atoms with van der Waals surface area (Å²) in [6.45, 7) is 0. The molecule has 27 heavy (non-hydrogen) atoms. The van der Waals surface area contributed by atoms with Crippen LogP contribution in [-0.2, 0) is 0 Å². The van der Waals surface area contributed by atoms with Crippen molar-refractivity contribution in [3.05, 3.63) is 52.8 Å². The summed E-state index contributed by atoms with van der Waals surface area (Å²) in [7, 11) is -4.86. The van der Waals surface area contributed by atoms with Crippen LogP contribution in [0.3, 0.4) is 0 Å². The Bertz CT molecular complexity index is 961. The lowest BCUT2D eigenvalue weighted by molar-refractivity contribution is -0.0448. The summed E-state index contributed by atoms with van der Waals surface area (Å²) in [5, 5.41) is 14.1. The lowest BCUT2D eigenvalue weighted by Gasteiger charge is -2.34. The number of nitriles is 1. The summed E-state index contributed by atoms with van der Waals surface area (Å²) >= 11 is 0. The highest BCUT2D eigenvalue weighted by Crippen LogP contribution is 2.73. The molecular formula is C16H10F5NO4S. The van der Waals surface area contributed by atoms with Crippen molar-refractivity contribution < 1.29 is 40.9 Å². The zero-order valence-electron chi connectivity index (χ0n) is 13.0.